The van der Waals surface area contributed by atoms with Crippen molar-refractivity contribution >= 4 is 11.9 Å². The Balaban J connectivity index is 0.000000531. The first-order valence-electron chi connectivity index (χ1n) is 5.31. The number of hydrogen-bond acceptors (Lipinski definition) is 1. The van der Waals surface area contributed by atoms with Crippen molar-refractivity contribution in [2.45, 2.75) is 27.7 Å². The first-order valence-corrected chi connectivity index (χ1v) is 5.31. The fourth-order valence-corrected chi connectivity index (χ4v) is 1.64. The Labute approximate surface area is 90.5 Å². The van der Waals surface area contributed by atoms with E-state index in [1.54, 1.807) is 11.6 Å². The Hall–Kier alpha value is -1.25. The van der Waals surface area contributed by atoms with Crippen LogP contribution in [0.4, 0.5) is 4.39 Å². The van der Waals surface area contributed by atoms with Crippen LogP contribution in [0.2, 0.25) is 0 Å². The molecule has 3 heteroatoms. The highest BCUT2D eigenvalue weighted by Crippen LogP contribution is 2.28. The van der Waals surface area contributed by atoms with Crippen molar-refractivity contribution in [1.82, 2.24) is 0 Å². The lowest BCUT2D eigenvalue weighted by molar-refractivity contribution is -0.495. The highest BCUT2D eigenvalue weighted by molar-refractivity contribution is 6.11. The fraction of sp³-hybridized carbons (Fsp3) is 0.500. The predicted octanol–water partition coefficient (Wildman–Crippen LogP) is 2.91. The lowest BCUT2D eigenvalue weighted by Crippen LogP contribution is -2.16. The molecule has 0 bridgehead atoms. The molecule has 0 amide bonds. The molecule has 1 aliphatic heterocycles. The first-order chi connectivity index (χ1) is 7.09. The molecule has 2 rings (SSSR count). The fourth-order valence-electron chi connectivity index (χ4n) is 1.64. The van der Waals surface area contributed by atoms with Crippen LogP contribution < -0.4 is 0 Å². The van der Waals surface area contributed by atoms with Gasteiger partial charge in [-0.1, -0.05) is 24.6 Å². The number of hydrogen-bond donors (Lipinski definition) is 0. The molecule has 0 saturated heterocycles. The van der Waals surface area contributed by atoms with Crippen molar-refractivity contribution in [1.29, 1.82) is 0 Å². The van der Waals surface area contributed by atoms with Gasteiger partial charge in [0, 0.05) is 0 Å². The molecule has 1 unspecified atom stereocenters. The summed E-state index contributed by atoms with van der Waals surface area (Å²) in [5, 5.41) is 4.09. The lowest BCUT2D eigenvalue weighted by Gasteiger charge is -2.12. The molecule has 0 aromatic rings. The number of halogens is 1. The Bertz CT molecular complexity index is 386. The molecule has 0 fully saturated rings. The van der Waals surface area contributed by atoms with Crippen molar-refractivity contribution in [3.8, 4) is 0 Å². The second-order valence-electron chi connectivity index (χ2n) is 3.52. The minimum Gasteiger partial charge on any atom is -0.204 e. The number of rotatable bonds is 0. The van der Waals surface area contributed by atoms with Crippen LogP contribution in [-0.4, -0.2) is 23.7 Å². The molecule has 1 heterocycles. The Morgan fingerprint density at radius 2 is 1.93 bits per heavy atom. The third kappa shape index (κ3) is 2.06. The lowest BCUT2D eigenvalue weighted by atomic mass is 9.90. The molecular weight excluding hydrogens is 191 g/mol. The van der Waals surface area contributed by atoms with Crippen LogP contribution in [-0.2, 0) is 0 Å². The molecule has 0 aromatic heterocycles. The topological polar surface area (TPSA) is 15.4 Å². The Kier molecular flexibility index (Phi) is 3.56. The summed E-state index contributed by atoms with van der Waals surface area (Å²) in [4.78, 5) is 0. The average Bonchev–Trinajstić information content (AvgIpc) is 2.59. The summed E-state index contributed by atoms with van der Waals surface area (Å²) in [7, 11) is 1.82. The van der Waals surface area contributed by atoms with Crippen LogP contribution in [0.1, 0.15) is 27.7 Å². The predicted molar refractivity (Wildman–Crippen MR) is 62.1 cm³/mol. The zero-order valence-corrected chi connectivity index (χ0v) is 10.0. The van der Waals surface area contributed by atoms with Crippen LogP contribution in [0.3, 0.4) is 0 Å². The van der Waals surface area contributed by atoms with E-state index < -0.39 is 0 Å². The molecular formula is C12H18FN2+. The van der Waals surface area contributed by atoms with Crippen molar-refractivity contribution in [3.63, 3.8) is 0 Å². The van der Waals surface area contributed by atoms with E-state index in [2.05, 4.69) is 5.10 Å². The van der Waals surface area contributed by atoms with Gasteiger partial charge in [0.05, 0.1) is 0 Å². The van der Waals surface area contributed by atoms with Crippen molar-refractivity contribution in [2.24, 2.45) is 11.0 Å². The van der Waals surface area contributed by atoms with E-state index in [-0.39, 0.29) is 11.7 Å². The third-order valence-electron chi connectivity index (χ3n) is 2.53. The molecule has 82 valence electrons. The van der Waals surface area contributed by atoms with Gasteiger partial charge < -0.3 is 0 Å². The molecule has 0 spiro atoms. The van der Waals surface area contributed by atoms with E-state index in [0.29, 0.717) is 11.3 Å². The number of nitrogens with zero attached hydrogens (tertiary/aromatic N) is 2. The van der Waals surface area contributed by atoms with Gasteiger partial charge >= 0.3 is 0 Å². The van der Waals surface area contributed by atoms with Gasteiger partial charge in [-0.05, 0) is 30.1 Å². The number of hydrazone groups is 1. The van der Waals surface area contributed by atoms with Crippen molar-refractivity contribution in [3.05, 3.63) is 23.0 Å². The zero-order chi connectivity index (χ0) is 11.6. The zero-order valence-electron chi connectivity index (χ0n) is 10.0. The van der Waals surface area contributed by atoms with Gasteiger partial charge in [0.1, 0.15) is 5.92 Å². The second-order valence-corrected chi connectivity index (χ2v) is 3.52. The quantitative estimate of drug-likeness (QED) is 0.545. The number of allylic oxidation sites excluding steroid dienone is 4. The van der Waals surface area contributed by atoms with Gasteiger partial charge in [-0.3, -0.25) is 0 Å². The van der Waals surface area contributed by atoms with Gasteiger partial charge in [0.15, 0.2) is 24.8 Å². The van der Waals surface area contributed by atoms with Crippen LogP contribution in [0.5, 0.6) is 0 Å². The Morgan fingerprint density at radius 1 is 1.33 bits per heavy atom. The average molecular weight is 209 g/mol. The standard InChI is InChI=1S/C10H12FN2.C2H6/c1-6-4-8-5-13(3)12-10(8)9(11)7(6)2;1-2/h4-5,8H,1-3H3;1-2H3/q+1;. The highest BCUT2D eigenvalue weighted by atomic mass is 19.1. The highest BCUT2D eigenvalue weighted by Gasteiger charge is 2.32. The van der Waals surface area contributed by atoms with Crippen LogP contribution in [0.25, 0.3) is 0 Å². The molecule has 0 aromatic carbocycles. The van der Waals surface area contributed by atoms with Crippen LogP contribution in [0.15, 0.2) is 28.2 Å². The van der Waals surface area contributed by atoms with Gasteiger partial charge in [-0.15, -0.1) is 0 Å². The SMILES string of the molecule is CC.CC1=CC2C=[N+](C)N=C2C(F)=C1C. The Morgan fingerprint density at radius 3 is 2.53 bits per heavy atom. The molecule has 2 aliphatic rings. The summed E-state index contributed by atoms with van der Waals surface area (Å²) in [6.07, 6.45) is 3.95. The maximum atomic E-state index is 13.6. The second kappa shape index (κ2) is 4.51. The van der Waals surface area contributed by atoms with E-state index in [1.807, 2.05) is 40.1 Å². The smallest absolute Gasteiger partial charge is 0.185 e. The minimum absolute atomic E-state index is 0.0358. The van der Waals surface area contributed by atoms with E-state index in [1.165, 1.54) is 0 Å². The molecule has 1 aliphatic carbocycles. The monoisotopic (exact) mass is 209 g/mol. The van der Waals surface area contributed by atoms with E-state index in [9.17, 15) is 4.39 Å². The first kappa shape index (κ1) is 11.8. The summed E-state index contributed by atoms with van der Waals surface area (Å²) < 4.78 is 15.3. The minimum atomic E-state index is -0.161. The number of fused-ring (bicyclic) bond motifs is 1. The van der Waals surface area contributed by atoms with Gasteiger partial charge in [0.2, 0.25) is 0 Å². The molecule has 15 heavy (non-hydrogen) atoms. The van der Waals surface area contributed by atoms with Crippen molar-refractivity contribution in [2.75, 3.05) is 7.05 Å². The maximum absolute atomic E-state index is 13.6. The molecule has 0 saturated carbocycles. The van der Waals surface area contributed by atoms with Gasteiger partial charge in [-0.2, -0.15) is 0 Å². The molecule has 2 nitrogen and oxygen atoms in total. The van der Waals surface area contributed by atoms with Crippen molar-refractivity contribution < 1.29 is 9.07 Å². The van der Waals surface area contributed by atoms with Gasteiger partial charge in [-0.25, -0.2) is 4.39 Å². The summed E-state index contributed by atoms with van der Waals surface area (Å²) >= 11 is 0. The molecule has 0 radical (unpaired) electrons. The summed E-state index contributed by atoms with van der Waals surface area (Å²) in [5.74, 6) is -0.126. The molecule has 0 N–H and O–H groups in total. The van der Waals surface area contributed by atoms with E-state index in [4.69, 9.17) is 0 Å². The third-order valence-corrected chi connectivity index (χ3v) is 2.53. The summed E-state index contributed by atoms with van der Waals surface area (Å²) in [6, 6.07) is 0. The van der Waals surface area contributed by atoms with E-state index in [0.717, 1.165) is 5.57 Å². The summed E-state index contributed by atoms with van der Waals surface area (Å²) in [5.41, 5.74) is 2.26. The van der Waals surface area contributed by atoms with Gasteiger partial charge in [0.25, 0.3) is 0 Å². The van der Waals surface area contributed by atoms with E-state index >= 15 is 0 Å². The van der Waals surface area contributed by atoms with Crippen LogP contribution >= 0.6 is 0 Å². The van der Waals surface area contributed by atoms with Crippen LogP contribution in [0, 0.1) is 5.92 Å². The largest absolute Gasteiger partial charge is 0.204 e. The maximum Gasteiger partial charge on any atom is 0.185 e. The molecule has 1 atom stereocenters. The summed E-state index contributed by atoms with van der Waals surface area (Å²) in [6.45, 7) is 7.72. The normalized spacial score (nSPS) is 23.6.